The number of aryl methyl sites for hydroxylation is 1. The van der Waals surface area contributed by atoms with Gasteiger partial charge in [0.15, 0.2) is 0 Å². The minimum atomic E-state index is -0.0890. The zero-order chi connectivity index (χ0) is 16.0. The Hall–Kier alpha value is -2.42. The molecule has 0 saturated carbocycles. The van der Waals surface area contributed by atoms with Crippen molar-refractivity contribution in [1.82, 2.24) is 25.0 Å². The maximum Gasteiger partial charge on any atom is 0.322 e. The summed E-state index contributed by atoms with van der Waals surface area (Å²) in [7, 11) is 0. The summed E-state index contributed by atoms with van der Waals surface area (Å²) in [4.78, 5) is 31.6. The van der Waals surface area contributed by atoms with E-state index in [1.807, 2.05) is 17.8 Å². The van der Waals surface area contributed by atoms with Gasteiger partial charge in [-0.1, -0.05) is 0 Å². The maximum absolute atomic E-state index is 12.3. The first-order chi connectivity index (χ1) is 11.1. The maximum atomic E-state index is 12.3. The van der Waals surface area contributed by atoms with Gasteiger partial charge in [-0.25, -0.2) is 9.78 Å². The highest BCUT2D eigenvalue weighted by Gasteiger charge is 2.34. The molecule has 0 unspecified atom stereocenters. The summed E-state index contributed by atoms with van der Waals surface area (Å²) in [6.07, 6.45) is 3.56. The topological polar surface area (TPSA) is 83.4 Å². The fourth-order valence-corrected chi connectivity index (χ4v) is 3.38. The van der Waals surface area contributed by atoms with Crippen molar-refractivity contribution < 1.29 is 9.59 Å². The third-order valence-electron chi connectivity index (χ3n) is 4.12. The minimum absolute atomic E-state index is 0.0306. The third kappa shape index (κ3) is 2.46. The number of nitrogens with one attached hydrogen (secondary N) is 1. The van der Waals surface area contributed by atoms with E-state index in [2.05, 4.69) is 15.4 Å². The first kappa shape index (κ1) is 14.2. The lowest BCUT2D eigenvalue weighted by Gasteiger charge is -2.38. The molecule has 2 aliphatic heterocycles. The van der Waals surface area contributed by atoms with Crippen LogP contribution in [0.3, 0.4) is 0 Å². The Bertz CT molecular complexity index is 763. The fraction of sp³-hybridized carbons (Fsp3) is 0.429. The van der Waals surface area contributed by atoms with Crippen molar-refractivity contribution in [2.24, 2.45) is 0 Å². The van der Waals surface area contributed by atoms with Crippen molar-refractivity contribution in [1.29, 1.82) is 0 Å². The van der Waals surface area contributed by atoms with Crippen LogP contribution in [-0.4, -0.2) is 57.8 Å². The summed E-state index contributed by atoms with van der Waals surface area (Å²) in [5, 5.41) is 9.79. The molecule has 8 nitrogen and oxygen atoms in total. The van der Waals surface area contributed by atoms with E-state index < -0.39 is 0 Å². The second kappa shape index (κ2) is 5.34. The summed E-state index contributed by atoms with van der Waals surface area (Å²) in [6, 6.07) is 0.0620. The molecule has 0 radical (unpaired) electrons. The zero-order valence-electron chi connectivity index (χ0n) is 12.6. The van der Waals surface area contributed by atoms with Crippen molar-refractivity contribution in [3.63, 3.8) is 0 Å². The van der Waals surface area contributed by atoms with Crippen LogP contribution in [-0.2, 0) is 0 Å². The smallest absolute Gasteiger partial charge is 0.322 e. The zero-order valence-corrected chi connectivity index (χ0v) is 13.4. The Morgan fingerprint density at radius 1 is 1.43 bits per heavy atom. The lowest BCUT2D eigenvalue weighted by molar-refractivity contribution is 0.0496. The number of hydrogen-bond acceptors (Lipinski definition) is 5. The van der Waals surface area contributed by atoms with Crippen LogP contribution in [0.25, 0.3) is 0 Å². The predicted octanol–water partition coefficient (Wildman–Crippen LogP) is 0.875. The average Bonchev–Trinajstić information content (AvgIpc) is 3.18. The van der Waals surface area contributed by atoms with Crippen molar-refractivity contribution in [2.45, 2.75) is 13.0 Å². The number of hydrogen-bond donors (Lipinski definition) is 1. The van der Waals surface area contributed by atoms with Crippen LogP contribution in [0.5, 0.6) is 0 Å². The minimum Gasteiger partial charge on any atom is -0.336 e. The van der Waals surface area contributed by atoms with Gasteiger partial charge in [0.25, 0.3) is 5.91 Å². The molecule has 0 aliphatic carbocycles. The van der Waals surface area contributed by atoms with Crippen LogP contribution >= 0.6 is 11.3 Å². The van der Waals surface area contributed by atoms with Gasteiger partial charge >= 0.3 is 6.03 Å². The van der Waals surface area contributed by atoms with Crippen molar-refractivity contribution in [2.75, 3.05) is 31.1 Å². The van der Waals surface area contributed by atoms with Crippen LogP contribution in [0.1, 0.15) is 21.5 Å². The number of carbonyl (C=O) groups excluding carboxylic acids is 2. The number of nitrogens with zero attached hydrogens (tertiary/aromatic N) is 5. The van der Waals surface area contributed by atoms with Crippen LogP contribution in [0.2, 0.25) is 0 Å². The van der Waals surface area contributed by atoms with E-state index in [0.29, 0.717) is 31.9 Å². The molecule has 0 aromatic carbocycles. The van der Waals surface area contributed by atoms with Crippen LogP contribution in [0, 0.1) is 6.92 Å². The third-order valence-corrected chi connectivity index (χ3v) is 4.89. The molecular formula is C14H16N6O2S. The molecule has 0 atom stereocenters. The number of anilines is 1. The number of carbonyl (C=O) groups is 2. The van der Waals surface area contributed by atoms with E-state index in [9.17, 15) is 9.59 Å². The molecule has 2 aromatic heterocycles. The van der Waals surface area contributed by atoms with Crippen molar-refractivity contribution in [3.8, 4) is 0 Å². The van der Waals surface area contributed by atoms with E-state index in [1.54, 1.807) is 21.4 Å². The Balaban J connectivity index is 1.39. The molecule has 2 fully saturated rings. The van der Waals surface area contributed by atoms with Crippen molar-refractivity contribution >= 4 is 29.0 Å². The van der Waals surface area contributed by atoms with Crippen LogP contribution in [0.4, 0.5) is 10.5 Å². The van der Waals surface area contributed by atoms with Crippen LogP contribution in [0.15, 0.2) is 17.8 Å². The molecule has 2 aliphatic rings. The molecular weight excluding hydrogens is 316 g/mol. The number of thiazole rings is 1. The number of urea groups is 1. The quantitative estimate of drug-likeness (QED) is 0.904. The Morgan fingerprint density at radius 2 is 2.26 bits per heavy atom. The van der Waals surface area contributed by atoms with Crippen LogP contribution < -0.4 is 10.2 Å². The van der Waals surface area contributed by atoms with Gasteiger partial charge in [0, 0.05) is 37.8 Å². The molecule has 4 heterocycles. The average molecular weight is 332 g/mol. The molecule has 0 spiro atoms. The SMILES string of the molecule is Cc1nc(C(=O)N2CC(n3cc(N4CCNC4=O)cn3)C2)cs1. The number of rotatable bonds is 3. The molecule has 23 heavy (non-hydrogen) atoms. The molecule has 3 amide bonds. The normalized spacial score (nSPS) is 18.2. The van der Waals surface area contributed by atoms with Gasteiger partial charge in [-0.15, -0.1) is 11.3 Å². The predicted molar refractivity (Wildman–Crippen MR) is 84.8 cm³/mol. The van der Waals surface area contributed by atoms with Gasteiger partial charge in [0.05, 0.1) is 22.9 Å². The highest BCUT2D eigenvalue weighted by molar-refractivity contribution is 7.09. The first-order valence-corrected chi connectivity index (χ1v) is 8.31. The first-order valence-electron chi connectivity index (χ1n) is 7.43. The number of likely N-dealkylation sites (tertiary alicyclic amines) is 1. The summed E-state index contributed by atoms with van der Waals surface area (Å²) < 4.78 is 1.83. The summed E-state index contributed by atoms with van der Waals surface area (Å²) in [5.74, 6) is -0.0306. The largest absolute Gasteiger partial charge is 0.336 e. The van der Waals surface area contributed by atoms with E-state index in [1.165, 1.54) is 11.3 Å². The van der Waals surface area contributed by atoms with Gasteiger partial charge in [0.2, 0.25) is 0 Å². The lowest BCUT2D eigenvalue weighted by Crippen LogP contribution is -2.51. The molecule has 2 saturated heterocycles. The molecule has 120 valence electrons. The summed E-state index contributed by atoms with van der Waals surface area (Å²) >= 11 is 1.48. The monoisotopic (exact) mass is 332 g/mol. The standard InChI is InChI=1S/C14H16N6O2S/c1-9-17-12(8-23-9)13(21)18-5-11(6-18)20-7-10(4-16-20)19-3-2-15-14(19)22/h4,7-8,11H,2-3,5-6H2,1H3,(H,15,22). The molecule has 0 bridgehead atoms. The van der Waals surface area contributed by atoms with E-state index >= 15 is 0 Å². The Morgan fingerprint density at radius 3 is 2.91 bits per heavy atom. The second-order valence-corrected chi connectivity index (χ2v) is 6.74. The molecule has 1 N–H and O–H groups in total. The van der Waals surface area contributed by atoms with Gasteiger partial charge in [-0.2, -0.15) is 5.10 Å². The van der Waals surface area contributed by atoms with Gasteiger partial charge in [-0.05, 0) is 6.92 Å². The fourth-order valence-electron chi connectivity index (χ4n) is 2.80. The van der Waals surface area contributed by atoms with Gasteiger partial charge in [0.1, 0.15) is 5.69 Å². The Kier molecular flexibility index (Phi) is 3.29. The number of amides is 3. The molecule has 9 heteroatoms. The van der Waals surface area contributed by atoms with E-state index in [-0.39, 0.29) is 18.0 Å². The number of aromatic nitrogens is 3. The Labute approximate surface area is 136 Å². The molecule has 2 aromatic rings. The van der Waals surface area contributed by atoms with Gasteiger partial charge < -0.3 is 10.2 Å². The van der Waals surface area contributed by atoms with E-state index in [4.69, 9.17) is 0 Å². The van der Waals surface area contributed by atoms with E-state index in [0.717, 1.165) is 10.7 Å². The molecule has 4 rings (SSSR count). The second-order valence-electron chi connectivity index (χ2n) is 5.68. The van der Waals surface area contributed by atoms with Crippen molar-refractivity contribution in [3.05, 3.63) is 28.5 Å². The highest BCUT2D eigenvalue weighted by atomic mass is 32.1. The lowest BCUT2D eigenvalue weighted by atomic mass is 10.1. The van der Waals surface area contributed by atoms with Gasteiger partial charge in [-0.3, -0.25) is 14.4 Å². The highest BCUT2D eigenvalue weighted by Crippen LogP contribution is 2.25. The summed E-state index contributed by atoms with van der Waals surface area (Å²) in [5.41, 5.74) is 1.31. The summed E-state index contributed by atoms with van der Waals surface area (Å²) in [6.45, 7) is 4.43.